The van der Waals surface area contributed by atoms with Gasteiger partial charge in [-0.3, -0.25) is 9.69 Å². The summed E-state index contributed by atoms with van der Waals surface area (Å²) in [6.45, 7) is 4.59. The number of para-hydroxylation sites is 1. The Morgan fingerprint density at radius 1 is 0.844 bits per heavy atom. The van der Waals surface area contributed by atoms with Crippen molar-refractivity contribution in [1.29, 1.82) is 0 Å². The number of carbonyl (C=O) groups is 2. The van der Waals surface area contributed by atoms with E-state index in [0.717, 1.165) is 11.3 Å². The van der Waals surface area contributed by atoms with Gasteiger partial charge in [0, 0.05) is 5.69 Å². The van der Waals surface area contributed by atoms with Crippen molar-refractivity contribution in [3.05, 3.63) is 90.0 Å². The van der Waals surface area contributed by atoms with Gasteiger partial charge < -0.3 is 14.2 Å². The standard InChI is InChI=1S/C26H25NO5/c1-3-30-21-16-12-18(13-17-21)23-24(32-22-8-6-5-7-9-22)25(28)27(23)20-14-10-19(11-15-20)26(29)31-4-2/h5-17,23-24H,3-4H2,1-2H3/t23-,24+/m0/s1. The highest BCUT2D eigenvalue weighted by atomic mass is 16.5. The summed E-state index contributed by atoms with van der Waals surface area (Å²) < 4.78 is 16.6. The molecule has 0 aromatic heterocycles. The third-order valence-electron chi connectivity index (χ3n) is 5.24. The number of nitrogens with zero attached hydrogens (tertiary/aromatic N) is 1. The lowest BCUT2D eigenvalue weighted by Crippen LogP contribution is -2.61. The molecule has 1 aliphatic rings. The number of esters is 1. The van der Waals surface area contributed by atoms with E-state index in [1.165, 1.54) is 0 Å². The molecule has 164 valence electrons. The number of carbonyl (C=O) groups excluding carboxylic acids is 2. The highest BCUT2D eigenvalue weighted by Gasteiger charge is 2.51. The summed E-state index contributed by atoms with van der Waals surface area (Å²) in [6, 6.07) is 23.5. The fourth-order valence-electron chi connectivity index (χ4n) is 3.74. The molecule has 0 aliphatic carbocycles. The zero-order chi connectivity index (χ0) is 22.5. The van der Waals surface area contributed by atoms with Crippen LogP contribution in [0.5, 0.6) is 11.5 Å². The van der Waals surface area contributed by atoms with Crippen molar-refractivity contribution in [3.63, 3.8) is 0 Å². The Labute approximate surface area is 187 Å². The first-order chi connectivity index (χ1) is 15.6. The average molecular weight is 431 g/mol. The van der Waals surface area contributed by atoms with Crippen LogP contribution in [0.15, 0.2) is 78.9 Å². The van der Waals surface area contributed by atoms with Gasteiger partial charge in [-0.1, -0.05) is 30.3 Å². The van der Waals surface area contributed by atoms with E-state index in [0.29, 0.717) is 30.2 Å². The molecule has 0 bridgehead atoms. The highest BCUT2D eigenvalue weighted by molar-refractivity contribution is 6.05. The maximum absolute atomic E-state index is 13.1. The summed E-state index contributed by atoms with van der Waals surface area (Å²) in [5, 5.41) is 0. The van der Waals surface area contributed by atoms with Gasteiger partial charge in [-0.2, -0.15) is 0 Å². The van der Waals surface area contributed by atoms with E-state index in [1.807, 2.05) is 61.5 Å². The molecular weight excluding hydrogens is 406 g/mol. The van der Waals surface area contributed by atoms with Crippen LogP contribution < -0.4 is 14.4 Å². The van der Waals surface area contributed by atoms with Crippen molar-refractivity contribution in [2.24, 2.45) is 0 Å². The molecule has 6 heteroatoms. The normalized spacial score (nSPS) is 17.4. The zero-order valence-electron chi connectivity index (χ0n) is 18.1. The number of β-lactam (4-membered cyclic amide) rings is 1. The molecule has 3 aromatic rings. The monoisotopic (exact) mass is 431 g/mol. The maximum atomic E-state index is 13.1. The van der Waals surface area contributed by atoms with Crippen molar-refractivity contribution >= 4 is 17.6 Å². The van der Waals surface area contributed by atoms with Crippen molar-refractivity contribution in [2.75, 3.05) is 18.1 Å². The molecule has 3 aromatic carbocycles. The Morgan fingerprint density at radius 2 is 1.53 bits per heavy atom. The van der Waals surface area contributed by atoms with Gasteiger partial charge in [0.1, 0.15) is 17.5 Å². The van der Waals surface area contributed by atoms with Gasteiger partial charge in [0.05, 0.1) is 18.8 Å². The third kappa shape index (κ3) is 4.30. The second-order valence-corrected chi connectivity index (χ2v) is 7.27. The van der Waals surface area contributed by atoms with Crippen LogP contribution in [0.2, 0.25) is 0 Å². The molecule has 0 spiro atoms. The molecule has 0 N–H and O–H groups in total. The Kier molecular flexibility index (Phi) is 6.40. The molecule has 0 unspecified atom stereocenters. The molecule has 0 radical (unpaired) electrons. The zero-order valence-corrected chi connectivity index (χ0v) is 18.1. The lowest BCUT2D eigenvalue weighted by Gasteiger charge is -2.46. The molecule has 2 atom stereocenters. The molecule has 6 nitrogen and oxygen atoms in total. The minimum Gasteiger partial charge on any atom is -0.494 e. The molecular formula is C26H25NO5. The summed E-state index contributed by atoms with van der Waals surface area (Å²) in [7, 11) is 0. The largest absolute Gasteiger partial charge is 0.494 e. The number of ether oxygens (including phenoxy) is 3. The summed E-state index contributed by atoms with van der Waals surface area (Å²) in [6.07, 6.45) is -0.653. The summed E-state index contributed by atoms with van der Waals surface area (Å²) in [5.41, 5.74) is 2.07. The number of benzene rings is 3. The van der Waals surface area contributed by atoms with E-state index in [9.17, 15) is 9.59 Å². The summed E-state index contributed by atoms with van der Waals surface area (Å²) in [5.74, 6) is 0.880. The van der Waals surface area contributed by atoms with Crippen molar-refractivity contribution in [3.8, 4) is 11.5 Å². The van der Waals surface area contributed by atoms with Crippen molar-refractivity contribution < 1.29 is 23.8 Å². The van der Waals surface area contributed by atoms with Gasteiger partial charge in [0.25, 0.3) is 5.91 Å². The number of hydrogen-bond donors (Lipinski definition) is 0. The molecule has 1 amide bonds. The Balaban J connectivity index is 1.62. The van der Waals surface area contributed by atoms with Gasteiger partial charge >= 0.3 is 5.97 Å². The van der Waals surface area contributed by atoms with Crippen molar-refractivity contribution in [2.45, 2.75) is 26.0 Å². The average Bonchev–Trinajstić information content (AvgIpc) is 2.83. The van der Waals surface area contributed by atoms with Crippen LogP contribution in [-0.4, -0.2) is 31.2 Å². The van der Waals surface area contributed by atoms with Crippen molar-refractivity contribution in [1.82, 2.24) is 0 Å². The van der Waals surface area contributed by atoms with Crippen LogP contribution >= 0.6 is 0 Å². The van der Waals surface area contributed by atoms with E-state index in [4.69, 9.17) is 14.2 Å². The van der Waals surface area contributed by atoms with Gasteiger partial charge in [0.2, 0.25) is 6.10 Å². The fraction of sp³-hybridized carbons (Fsp3) is 0.231. The number of anilines is 1. The minimum absolute atomic E-state index is 0.142. The van der Waals surface area contributed by atoms with E-state index in [1.54, 1.807) is 36.1 Å². The molecule has 32 heavy (non-hydrogen) atoms. The van der Waals surface area contributed by atoms with E-state index >= 15 is 0 Å². The smallest absolute Gasteiger partial charge is 0.338 e. The van der Waals surface area contributed by atoms with E-state index in [2.05, 4.69) is 0 Å². The first kappa shape index (κ1) is 21.4. The minimum atomic E-state index is -0.653. The Bertz CT molecular complexity index is 1060. The molecule has 4 rings (SSSR count). The second-order valence-electron chi connectivity index (χ2n) is 7.27. The summed E-state index contributed by atoms with van der Waals surface area (Å²) >= 11 is 0. The van der Waals surface area contributed by atoms with Gasteiger partial charge in [-0.05, 0) is 67.9 Å². The van der Waals surface area contributed by atoms with Crippen LogP contribution in [0.3, 0.4) is 0 Å². The first-order valence-corrected chi connectivity index (χ1v) is 10.7. The predicted octanol–water partition coefficient (Wildman–Crippen LogP) is 4.80. The topological polar surface area (TPSA) is 65.1 Å². The number of rotatable bonds is 8. The molecule has 1 aliphatic heterocycles. The molecule has 1 heterocycles. The number of amides is 1. The highest BCUT2D eigenvalue weighted by Crippen LogP contribution is 2.41. The van der Waals surface area contributed by atoms with E-state index in [-0.39, 0.29) is 17.9 Å². The van der Waals surface area contributed by atoms with Crippen LogP contribution in [0.1, 0.15) is 35.8 Å². The van der Waals surface area contributed by atoms with Gasteiger partial charge in [-0.15, -0.1) is 0 Å². The second kappa shape index (κ2) is 9.56. The Hall–Kier alpha value is -3.80. The van der Waals surface area contributed by atoms with Crippen LogP contribution in [-0.2, 0) is 9.53 Å². The number of hydrogen-bond acceptors (Lipinski definition) is 5. The maximum Gasteiger partial charge on any atom is 0.338 e. The molecule has 1 fully saturated rings. The van der Waals surface area contributed by atoms with Crippen LogP contribution in [0.4, 0.5) is 5.69 Å². The quantitative estimate of drug-likeness (QED) is 0.379. The predicted molar refractivity (Wildman–Crippen MR) is 121 cm³/mol. The Morgan fingerprint density at radius 3 is 2.16 bits per heavy atom. The third-order valence-corrected chi connectivity index (χ3v) is 5.24. The molecule has 0 saturated carbocycles. The fourth-order valence-corrected chi connectivity index (χ4v) is 3.74. The summed E-state index contributed by atoms with van der Waals surface area (Å²) in [4.78, 5) is 26.8. The lowest BCUT2D eigenvalue weighted by atomic mass is 9.89. The van der Waals surface area contributed by atoms with E-state index < -0.39 is 6.10 Å². The molecule has 1 saturated heterocycles. The van der Waals surface area contributed by atoms with Gasteiger partial charge in [-0.25, -0.2) is 4.79 Å². The lowest BCUT2D eigenvalue weighted by molar-refractivity contribution is -0.135. The first-order valence-electron chi connectivity index (χ1n) is 10.7. The van der Waals surface area contributed by atoms with Crippen LogP contribution in [0.25, 0.3) is 0 Å². The van der Waals surface area contributed by atoms with Crippen LogP contribution in [0, 0.1) is 0 Å². The SMILES string of the molecule is CCOC(=O)c1ccc(N2C(=O)[C@H](Oc3ccccc3)[C@@H]2c2ccc(OCC)cc2)cc1. The van der Waals surface area contributed by atoms with Gasteiger partial charge in [0.15, 0.2) is 0 Å².